The number of carbonyl (C=O) groups is 2. The third-order valence-electron chi connectivity index (χ3n) is 4.13. The first kappa shape index (κ1) is 16.5. The van der Waals surface area contributed by atoms with Gasteiger partial charge in [-0.3, -0.25) is 14.5 Å². The molecule has 5 nitrogen and oxygen atoms in total. The monoisotopic (exact) mass is 303 g/mol. The van der Waals surface area contributed by atoms with Crippen molar-refractivity contribution in [2.45, 2.75) is 20.4 Å². The molecule has 0 bridgehead atoms. The molecule has 0 spiro atoms. The van der Waals surface area contributed by atoms with E-state index in [4.69, 9.17) is 0 Å². The fourth-order valence-corrected chi connectivity index (χ4v) is 2.68. The van der Waals surface area contributed by atoms with Crippen LogP contribution >= 0.6 is 0 Å². The number of carbonyl (C=O) groups excluding carboxylic acids is 2. The molecule has 0 N–H and O–H groups in total. The molecule has 1 aromatic carbocycles. The largest absolute Gasteiger partial charge is 0.339 e. The summed E-state index contributed by atoms with van der Waals surface area (Å²) < 4.78 is 0. The summed E-state index contributed by atoms with van der Waals surface area (Å²) in [4.78, 5) is 29.5. The van der Waals surface area contributed by atoms with Gasteiger partial charge in [-0.2, -0.15) is 0 Å². The molecule has 120 valence electrons. The van der Waals surface area contributed by atoms with Crippen LogP contribution in [0.2, 0.25) is 0 Å². The van der Waals surface area contributed by atoms with E-state index in [1.54, 1.807) is 11.8 Å². The van der Waals surface area contributed by atoms with Crippen LogP contribution in [0.4, 0.5) is 0 Å². The van der Waals surface area contributed by atoms with Gasteiger partial charge in [0.2, 0.25) is 11.8 Å². The first-order valence-corrected chi connectivity index (χ1v) is 7.89. The lowest BCUT2D eigenvalue weighted by Crippen LogP contribution is -2.52. The van der Waals surface area contributed by atoms with Crippen LogP contribution in [-0.2, 0) is 16.1 Å². The van der Waals surface area contributed by atoms with Crippen molar-refractivity contribution in [2.24, 2.45) is 0 Å². The third-order valence-corrected chi connectivity index (χ3v) is 4.13. The fourth-order valence-electron chi connectivity index (χ4n) is 2.68. The zero-order valence-corrected chi connectivity index (χ0v) is 13.5. The molecule has 0 radical (unpaired) electrons. The van der Waals surface area contributed by atoms with E-state index in [1.807, 2.05) is 23.1 Å². The Bertz CT molecular complexity index is 496. The van der Waals surface area contributed by atoms with Gasteiger partial charge in [-0.05, 0) is 12.1 Å². The van der Waals surface area contributed by atoms with Crippen molar-refractivity contribution in [1.82, 2.24) is 14.7 Å². The van der Waals surface area contributed by atoms with Crippen LogP contribution in [0.15, 0.2) is 30.3 Å². The number of benzene rings is 1. The van der Waals surface area contributed by atoms with Gasteiger partial charge in [0.15, 0.2) is 0 Å². The second kappa shape index (κ2) is 7.94. The van der Waals surface area contributed by atoms with Crippen LogP contribution in [0.25, 0.3) is 0 Å². The van der Waals surface area contributed by atoms with E-state index in [9.17, 15) is 9.59 Å². The Morgan fingerprint density at radius 1 is 1.05 bits per heavy atom. The van der Waals surface area contributed by atoms with Gasteiger partial charge in [-0.25, -0.2) is 0 Å². The predicted octanol–water partition coefficient (Wildman–Crippen LogP) is 1.20. The van der Waals surface area contributed by atoms with E-state index in [0.717, 1.165) is 13.1 Å². The number of hydrogen-bond acceptors (Lipinski definition) is 3. The Morgan fingerprint density at radius 2 is 1.64 bits per heavy atom. The summed E-state index contributed by atoms with van der Waals surface area (Å²) in [6, 6.07) is 10.2. The van der Waals surface area contributed by atoms with Gasteiger partial charge in [-0.15, -0.1) is 0 Å². The number of likely N-dealkylation sites (N-methyl/N-ethyl adjacent to an activating group) is 1. The lowest BCUT2D eigenvalue weighted by atomic mass is 10.2. The van der Waals surface area contributed by atoms with Crippen LogP contribution in [0.3, 0.4) is 0 Å². The van der Waals surface area contributed by atoms with Gasteiger partial charge in [0, 0.05) is 39.6 Å². The zero-order valence-electron chi connectivity index (χ0n) is 13.5. The van der Waals surface area contributed by atoms with Gasteiger partial charge in [-0.1, -0.05) is 37.3 Å². The minimum Gasteiger partial charge on any atom is -0.339 e. The number of nitrogens with zero attached hydrogens (tertiary/aromatic N) is 3. The van der Waals surface area contributed by atoms with E-state index < -0.39 is 0 Å². The number of hydrogen-bond donors (Lipinski definition) is 0. The standard InChI is InChI=1S/C17H25N3O2/c1-3-18(13-16-7-5-4-6-8-16)14-17(22)20-11-9-19(10-12-20)15(2)21/h4-8H,3,9-14H2,1-2H3. The Morgan fingerprint density at radius 3 is 2.18 bits per heavy atom. The van der Waals surface area contributed by atoms with Crippen LogP contribution in [0.5, 0.6) is 0 Å². The molecule has 1 aliphatic heterocycles. The van der Waals surface area contributed by atoms with E-state index >= 15 is 0 Å². The van der Waals surface area contributed by atoms with Crippen LogP contribution in [-0.4, -0.2) is 65.8 Å². The van der Waals surface area contributed by atoms with Gasteiger partial charge in [0.25, 0.3) is 0 Å². The van der Waals surface area contributed by atoms with Gasteiger partial charge >= 0.3 is 0 Å². The summed E-state index contributed by atoms with van der Waals surface area (Å²) in [7, 11) is 0. The van der Waals surface area contributed by atoms with Crippen molar-refractivity contribution >= 4 is 11.8 Å². The summed E-state index contributed by atoms with van der Waals surface area (Å²) >= 11 is 0. The number of piperazine rings is 1. The zero-order chi connectivity index (χ0) is 15.9. The van der Waals surface area contributed by atoms with E-state index in [0.29, 0.717) is 32.7 Å². The van der Waals surface area contributed by atoms with Crippen molar-refractivity contribution in [3.8, 4) is 0 Å². The van der Waals surface area contributed by atoms with Gasteiger partial charge in [0.1, 0.15) is 0 Å². The van der Waals surface area contributed by atoms with Crippen molar-refractivity contribution in [3.05, 3.63) is 35.9 Å². The predicted molar refractivity (Wildman–Crippen MR) is 86.2 cm³/mol. The number of amides is 2. The van der Waals surface area contributed by atoms with E-state index in [-0.39, 0.29) is 11.8 Å². The maximum Gasteiger partial charge on any atom is 0.236 e. The van der Waals surface area contributed by atoms with Gasteiger partial charge < -0.3 is 9.80 Å². The highest BCUT2D eigenvalue weighted by atomic mass is 16.2. The molecule has 0 saturated carbocycles. The number of rotatable bonds is 5. The third kappa shape index (κ3) is 4.56. The van der Waals surface area contributed by atoms with Crippen molar-refractivity contribution in [1.29, 1.82) is 0 Å². The summed E-state index contributed by atoms with van der Waals surface area (Å²) in [6.07, 6.45) is 0. The Hall–Kier alpha value is -1.88. The Kier molecular flexibility index (Phi) is 5.95. The molecule has 1 saturated heterocycles. The average Bonchev–Trinajstić information content (AvgIpc) is 2.55. The molecule has 5 heteroatoms. The molecule has 1 aliphatic rings. The second-order valence-corrected chi connectivity index (χ2v) is 5.68. The highest BCUT2D eigenvalue weighted by Gasteiger charge is 2.23. The lowest BCUT2D eigenvalue weighted by Gasteiger charge is -2.35. The molecule has 0 atom stereocenters. The molecule has 2 amide bonds. The fraction of sp³-hybridized carbons (Fsp3) is 0.529. The van der Waals surface area contributed by atoms with Crippen molar-refractivity contribution < 1.29 is 9.59 Å². The molecule has 2 rings (SSSR count). The summed E-state index contributed by atoms with van der Waals surface area (Å²) in [5.41, 5.74) is 1.22. The molecule has 0 aromatic heterocycles. The molecular formula is C17H25N3O2. The Labute approximate surface area is 132 Å². The molecule has 0 aliphatic carbocycles. The SMILES string of the molecule is CCN(CC(=O)N1CCN(C(C)=O)CC1)Cc1ccccc1. The molecule has 1 fully saturated rings. The molecule has 1 heterocycles. The Balaban J connectivity index is 1.83. The molecular weight excluding hydrogens is 278 g/mol. The maximum atomic E-state index is 12.4. The summed E-state index contributed by atoms with van der Waals surface area (Å²) in [5.74, 6) is 0.243. The topological polar surface area (TPSA) is 43.9 Å². The molecule has 22 heavy (non-hydrogen) atoms. The van der Waals surface area contributed by atoms with Crippen molar-refractivity contribution in [3.63, 3.8) is 0 Å². The van der Waals surface area contributed by atoms with Crippen LogP contribution in [0.1, 0.15) is 19.4 Å². The van der Waals surface area contributed by atoms with E-state index in [1.165, 1.54) is 5.56 Å². The highest BCUT2D eigenvalue weighted by Crippen LogP contribution is 2.07. The first-order chi connectivity index (χ1) is 10.6. The summed E-state index contributed by atoms with van der Waals surface area (Å²) in [5, 5.41) is 0. The first-order valence-electron chi connectivity index (χ1n) is 7.89. The minimum atomic E-state index is 0.0892. The summed E-state index contributed by atoms with van der Waals surface area (Å²) in [6.45, 7) is 8.29. The highest BCUT2D eigenvalue weighted by molar-refractivity contribution is 5.79. The minimum absolute atomic E-state index is 0.0892. The lowest BCUT2D eigenvalue weighted by molar-refractivity contribution is -0.139. The van der Waals surface area contributed by atoms with Crippen LogP contribution < -0.4 is 0 Å². The van der Waals surface area contributed by atoms with Crippen LogP contribution in [0, 0.1) is 0 Å². The maximum absolute atomic E-state index is 12.4. The van der Waals surface area contributed by atoms with Crippen molar-refractivity contribution in [2.75, 3.05) is 39.3 Å². The van der Waals surface area contributed by atoms with E-state index in [2.05, 4.69) is 24.0 Å². The van der Waals surface area contributed by atoms with Gasteiger partial charge in [0.05, 0.1) is 6.54 Å². The normalized spacial score (nSPS) is 15.2. The average molecular weight is 303 g/mol. The smallest absolute Gasteiger partial charge is 0.236 e. The molecule has 0 unspecified atom stereocenters. The molecule has 1 aromatic rings. The quantitative estimate of drug-likeness (QED) is 0.821. The second-order valence-electron chi connectivity index (χ2n) is 5.68.